The van der Waals surface area contributed by atoms with E-state index in [0.717, 1.165) is 22.6 Å². The minimum atomic E-state index is 0.766. The van der Waals surface area contributed by atoms with Crippen molar-refractivity contribution in [3.8, 4) is 11.3 Å². The van der Waals surface area contributed by atoms with Crippen LogP contribution in [0, 0.1) is 20.8 Å². The van der Waals surface area contributed by atoms with Crippen LogP contribution >= 0.6 is 0 Å². The van der Waals surface area contributed by atoms with Gasteiger partial charge in [0.1, 0.15) is 0 Å². The van der Waals surface area contributed by atoms with E-state index >= 15 is 0 Å². The Kier molecular flexibility index (Phi) is 2.94. The molecule has 100 valence electrons. The minimum absolute atomic E-state index is 0.766. The van der Waals surface area contributed by atoms with Crippen LogP contribution in [0.5, 0.6) is 0 Å². The van der Waals surface area contributed by atoms with Gasteiger partial charge >= 0.3 is 0 Å². The molecule has 0 bridgehead atoms. The van der Waals surface area contributed by atoms with E-state index in [-0.39, 0.29) is 0 Å². The predicted molar refractivity (Wildman–Crippen MR) is 85.8 cm³/mol. The van der Waals surface area contributed by atoms with Gasteiger partial charge in [0.15, 0.2) is 0 Å². The first kappa shape index (κ1) is 12.7. The van der Waals surface area contributed by atoms with E-state index in [0.29, 0.717) is 0 Å². The van der Waals surface area contributed by atoms with Crippen molar-refractivity contribution in [2.45, 2.75) is 20.8 Å². The number of hydrogen-bond acceptors (Lipinski definition) is 2. The van der Waals surface area contributed by atoms with Crippen LogP contribution in [0.2, 0.25) is 0 Å². The quantitative estimate of drug-likeness (QED) is 0.660. The lowest BCUT2D eigenvalue weighted by Crippen LogP contribution is -1.95. The Morgan fingerprint density at radius 2 is 1.60 bits per heavy atom. The Morgan fingerprint density at radius 1 is 0.900 bits per heavy atom. The number of nitrogen functional groups attached to an aromatic ring is 1. The van der Waals surface area contributed by atoms with E-state index in [2.05, 4.69) is 39.0 Å². The number of hydrogen-bond donors (Lipinski definition) is 1. The summed E-state index contributed by atoms with van der Waals surface area (Å²) in [6, 6.07) is 14.4. The molecule has 2 N–H and O–H groups in total. The SMILES string of the molecule is Cc1cc2cc(-c3ccccc3N)nc(C)c2cc1C. The van der Waals surface area contributed by atoms with E-state index in [4.69, 9.17) is 10.7 Å². The van der Waals surface area contributed by atoms with Crippen molar-refractivity contribution in [1.82, 2.24) is 4.98 Å². The first-order valence-corrected chi connectivity index (χ1v) is 6.80. The molecule has 0 amide bonds. The third kappa shape index (κ3) is 2.03. The molecule has 1 aromatic heterocycles. The minimum Gasteiger partial charge on any atom is -0.398 e. The fourth-order valence-corrected chi connectivity index (χ4v) is 2.56. The first-order valence-electron chi connectivity index (χ1n) is 6.80. The summed E-state index contributed by atoms with van der Waals surface area (Å²) in [6.07, 6.45) is 0. The molecule has 0 saturated carbocycles. The topological polar surface area (TPSA) is 38.9 Å². The fraction of sp³-hybridized carbons (Fsp3) is 0.167. The van der Waals surface area contributed by atoms with Gasteiger partial charge in [0.25, 0.3) is 0 Å². The summed E-state index contributed by atoms with van der Waals surface area (Å²) in [5, 5.41) is 2.44. The van der Waals surface area contributed by atoms with Crippen LogP contribution in [0.25, 0.3) is 22.0 Å². The van der Waals surface area contributed by atoms with Crippen molar-refractivity contribution in [2.75, 3.05) is 5.73 Å². The standard InChI is InChI=1S/C18H18N2/c1-11-8-14-10-18(15-6-4-5-7-17(15)19)20-13(3)16(14)9-12(11)2/h4-10H,19H2,1-3H3. The summed E-state index contributed by atoms with van der Waals surface area (Å²) in [4.78, 5) is 4.72. The molecule has 0 aliphatic rings. The first-order chi connectivity index (χ1) is 9.56. The van der Waals surface area contributed by atoms with Crippen LogP contribution in [-0.2, 0) is 0 Å². The summed E-state index contributed by atoms with van der Waals surface area (Å²) in [6.45, 7) is 6.33. The number of nitrogens with two attached hydrogens (primary N) is 1. The predicted octanol–water partition coefficient (Wildman–Crippen LogP) is 4.41. The van der Waals surface area contributed by atoms with Crippen LogP contribution in [0.3, 0.4) is 0 Å². The summed E-state index contributed by atoms with van der Waals surface area (Å²) >= 11 is 0. The molecule has 2 nitrogen and oxygen atoms in total. The normalized spacial score (nSPS) is 10.9. The van der Waals surface area contributed by atoms with E-state index in [1.54, 1.807) is 0 Å². The number of pyridine rings is 1. The molecular weight excluding hydrogens is 244 g/mol. The van der Waals surface area contributed by atoms with Crippen molar-refractivity contribution in [3.05, 3.63) is 59.3 Å². The molecule has 0 spiro atoms. The average molecular weight is 262 g/mol. The summed E-state index contributed by atoms with van der Waals surface area (Å²) in [5.74, 6) is 0. The second-order valence-electron chi connectivity index (χ2n) is 5.34. The molecule has 1 heterocycles. The monoisotopic (exact) mass is 262 g/mol. The van der Waals surface area contributed by atoms with Gasteiger partial charge in [0.2, 0.25) is 0 Å². The smallest absolute Gasteiger partial charge is 0.0732 e. The van der Waals surface area contributed by atoms with Gasteiger partial charge in [-0.15, -0.1) is 0 Å². The second-order valence-corrected chi connectivity index (χ2v) is 5.34. The molecule has 3 aromatic rings. The van der Waals surface area contributed by atoms with Crippen LogP contribution in [-0.4, -0.2) is 4.98 Å². The maximum absolute atomic E-state index is 6.06. The fourth-order valence-electron chi connectivity index (χ4n) is 2.56. The van der Waals surface area contributed by atoms with Gasteiger partial charge in [-0.2, -0.15) is 0 Å². The molecule has 0 atom stereocenters. The van der Waals surface area contributed by atoms with Crippen molar-refractivity contribution in [3.63, 3.8) is 0 Å². The number of fused-ring (bicyclic) bond motifs is 1. The maximum Gasteiger partial charge on any atom is 0.0732 e. The highest BCUT2D eigenvalue weighted by molar-refractivity contribution is 5.90. The number of anilines is 1. The summed E-state index contributed by atoms with van der Waals surface area (Å²) in [7, 11) is 0. The van der Waals surface area contributed by atoms with Crippen molar-refractivity contribution in [2.24, 2.45) is 0 Å². The van der Waals surface area contributed by atoms with Crippen molar-refractivity contribution in [1.29, 1.82) is 0 Å². The molecule has 0 radical (unpaired) electrons. The van der Waals surface area contributed by atoms with E-state index in [9.17, 15) is 0 Å². The summed E-state index contributed by atoms with van der Waals surface area (Å²) < 4.78 is 0. The summed E-state index contributed by atoms with van der Waals surface area (Å²) in [5.41, 5.74) is 12.4. The molecule has 3 rings (SSSR count). The van der Waals surface area contributed by atoms with Gasteiger partial charge in [-0.25, -0.2) is 0 Å². The highest BCUT2D eigenvalue weighted by atomic mass is 14.7. The number of nitrogens with zero attached hydrogens (tertiary/aromatic N) is 1. The third-order valence-corrected chi connectivity index (χ3v) is 3.87. The lowest BCUT2D eigenvalue weighted by molar-refractivity contribution is 1.23. The van der Waals surface area contributed by atoms with Gasteiger partial charge in [0, 0.05) is 22.3 Å². The average Bonchev–Trinajstić information content (AvgIpc) is 2.41. The molecular formula is C18H18N2. The van der Waals surface area contributed by atoms with Gasteiger partial charge in [0.05, 0.1) is 5.69 Å². The van der Waals surface area contributed by atoms with Crippen LogP contribution in [0.1, 0.15) is 16.8 Å². The number of aromatic nitrogens is 1. The molecule has 2 aromatic carbocycles. The van der Waals surface area contributed by atoms with Crippen molar-refractivity contribution < 1.29 is 0 Å². The molecule has 0 unspecified atom stereocenters. The maximum atomic E-state index is 6.06. The largest absolute Gasteiger partial charge is 0.398 e. The number of benzene rings is 2. The molecule has 0 aliphatic heterocycles. The highest BCUT2D eigenvalue weighted by Gasteiger charge is 2.08. The van der Waals surface area contributed by atoms with Gasteiger partial charge < -0.3 is 5.73 Å². The van der Waals surface area contributed by atoms with Crippen LogP contribution in [0.4, 0.5) is 5.69 Å². The Balaban J connectivity index is 2.30. The zero-order chi connectivity index (χ0) is 14.3. The lowest BCUT2D eigenvalue weighted by Gasteiger charge is -2.10. The highest BCUT2D eigenvalue weighted by Crippen LogP contribution is 2.29. The van der Waals surface area contributed by atoms with E-state index < -0.39 is 0 Å². The Hall–Kier alpha value is -2.35. The van der Waals surface area contributed by atoms with E-state index in [1.165, 1.54) is 21.9 Å². The van der Waals surface area contributed by atoms with Gasteiger partial charge in [-0.3, -0.25) is 4.98 Å². The molecule has 2 heteroatoms. The van der Waals surface area contributed by atoms with E-state index in [1.807, 2.05) is 24.3 Å². The van der Waals surface area contributed by atoms with Crippen LogP contribution in [0.15, 0.2) is 42.5 Å². The number of aryl methyl sites for hydroxylation is 3. The van der Waals surface area contributed by atoms with Crippen LogP contribution < -0.4 is 5.73 Å². The number of para-hydroxylation sites is 1. The molecule has 0 aliphatic carbocycles. The molecule has 20 heavy (non-hydrogen) atoms. The lowest BCUT2D eigenvalue weighted by atomic mass is 10.00. The Morgan fingerprint density at radius 3 is 2.35 bits per heavy atom. The number of rotatable bonds is 1. The zero-order valence-electron chi connectivity index (χ0n) is 12.1. The zero-order valence-corrected chi connectivity index (χ0v) is 12.1. The van der Waals surface area contributed by atoms with Crippen molar-refractivity contribution >= 4 is 16.5 Å². The third-order valence-electron chi connectivity index (χ3n) is 3.87. The second kappa shape index (κ2) is 4.64. The molecule has 0 fully saturated rings. The Bertz CT molecular complexity index is 804. The van der Waals surface area contributed by atoms with Gasteiger partial charge in [-0.1, -0.05) is 24.3 Å². The van der Waals surface area contributed by atoms with Gasteiger partial charge in [-0.05, 0) is 55.5 Å². The Labute approximate surface area is 119 Å². The molecule has 0 saturated heterocycles.